The van der Waals surface area contributed by atoms with Gasteiger partial charge in [0.05, 0.1) is 11.7 Å². The fourth-order valence-corrected chi connectivity index (χ4v) is 2.17. The monoisotopic (exact) mass is 283 g/mol. The van der Waals surface area contributed by atoms with E-state index in [1.165, 1.54) is 25.3 Å². The average Bonchev–Trinajstić information content (AvgIpc) is 2.34. The Kier molecular flexibility index (Phi) is 6.78. The molecule has 0 aliphatic carbocycles. The molecule has 1 unspecified atom stereocenters. The molecule has 0 bridgehead atoms. The summed E-state index contributed by atoms with van der Waals surface area (Å²) in [5, 5.41) is 0. The number of nitrogens with two attached hydrogens (primary N) is 1. The second-order valence-electron chi connectivity index (χ2n) is 4.76. The standard InChI is InChI=1S/C15H22FNOS/c1-3-4-5-6-8-11(2)18-13-10-7-9-12(16)14(13)15(17)19/h7,9-11H,3-6,8H2,1-2H3,(H2,17,19). The number of thiocarbonyl (C=S) groups is 1. The first kappa shape index (κ1) is 15.9. The van der Waals surface area contributed by atoms with Crippen molar-refractivity contribution in [2.45, 2.75) is 52.1 Å². The topological polar surface area (TPSA) is 35.2 Å². The summed E-state index contributed by atoms with van der Waals surface area (Å²) in [6.45, 7) is 4.17. The average molecular weight is 283 g/mol. The second-order valence-corrected chi connectivity index (χ2v) is 5.19. The maximum Gasteiger partial charge on any atom is 0.137 e. The van der Waals surface area contributed by atoms with Crippen LogP contribution in [0.4, 0.5) is 4.39 Å². The molecule has 0 amide bonds. The molecule has 0 aromatic heterocycles. The van der Waals surface area contributed by atoms with Crippen molar-refractivity contribution in [3.8, 4) is 5.75 Å². The highest BCUT2D eigenvalue weighted by Crippen LogP contribution is 2.23. The van der Waals surface area contributed by atoms with E-state index in [0.29, 0.717) is 5.75 Å². The fraction of sp³-hybridized carbons (Fsp3) is 0.533. The van der Waals surface area contributed by atoms with Gasteiger partial charge in [-0.3, -0.25) is 0 Å². The van der Waals surface area contributed by atoms with Crippen LogP contribution in [0.1, 0.15) is 51.5 Å². The van der Waals surface area contributed by atoms with Crippen molar-refractivity contribution in [1.29, 1.82) is 0 Å². The van der Waals surface area contributed by atoms with Gasteiger partial charge in [-0.1, -0.05) is 44.5 Å². The first-order valence-electron chi connectivity index (χ1n) is 6.81. The molecule has 2 N–H and O–H groups in total. The van der Waals surface area contributed by atoms with Gasteiger partial charge in [-0.05, 0) is 31.9 Å². The summed E-state index contributed by atoms with van der Waals surface area (Å²) in [6, 6.07) is 4.66. The molecule has 0 saturated heterocycles. The minimum absolute atomic E-state index is 0.0336. The summed E-state index contributed by atoms with van der Waals surface area (Å²) in [5.74, 6) is 0.0127. The highest BCUT2D eigenvalue weighted by atomic mass is 32.1. The lowest BCUT2D eigenvalue weighted by Gasteiger charge is -2.17. The first-order chi connectivity index (χ1) is 9.06. The van der Waals surface area contributed by atoms with Gasteiger partial charge in [-0.15, -0.1) is 0 Å². The van der Waals surface area contributed by atoms with Crippen LogP contribution in [0.3, 0.4) is 0 Å². The molecule has 0 aliphatic rings. The summed E-state index contributed by atoms with van der Waals surface area (Å²) < 4.78 is 19.4. The molecule has 4 heteroatoms. The number of benzene rings is 1. The lowest BCUT2D eigenvalue weighted by Crippen LogP contribution is -2.18. The van der Waals surface area contributed by atoms with Gasteiger partial charge >= 0.3 is 0 Å². The van der Waals surface area contributed by atoms with Gasteiger partial charge in [0, 0.05) is 0 Å². The minimum atomic E-state index is -0.428. The lowest BCUT2D eigenvalue weighted by atomic mass is 10.1. The van der Waals surface area contributed by atoms with Gasteiger partial charge in [0.25, 0.3) is 0 Å². The van der Waals surface area contributed by atoms with E-state index in [1.807, 2.05) is 6.92 Å². The molecule has 19 heavy (non-hydrogen) atoms. The molecule has 0 heterocycles. The van der Waals surface area contributed by atoms with Crippen LogP contribution < -0.4 is 10.5 Å². The molecule has 1 aromatic carbocycles. The molecule has 0 aliphatic heterocycles. The van der Waals surface area contributed by atoms with E-state index < -0.39 is 5.82 Å². The fourth-order valence-electron chi connectivity index (χ4n) is 1.98. The second kappa shape index (κ2) is 8.10. The molecule has 1 atom stereocenters. The summed E-state index contributed by atoms with van der Waals surface area (Å²) in [7, 11) is 0. The van der Waals surface area contributed by atoms with E-state index in [4.69, 9.17) is 22.7 Å². The molecule has 2 nitrogen and oxygen atoms in total. The first-order valence-corrected chi connectivity index (χ1v) is 7.22. The van der Waals surface area contributed by atoms with E-state index >= 15 is 0 Å². The highest BCUT2D eigenvalue weighted by molar-refractivity contribution is 7.80. The normalized spacial score (nSPS) is 12.2. The summed E-state index contributed by atoms with van der Waals surface area (Å²) >= 11 is 4.87. The Morgan fingerprint density at radius 3 is 2.74 bits per heavy atom. The predicted molar refractivity (Wildman–Crippen MR) is 81.1 cm³/mol. The molecule has 1 aromatic rings. The molecular weight excluding hydrogens is 261 g/mol. The Bertz CT molecular complexity index is 423. The number of rotatable bonds is 8. The maximum atomic E-state index is 13.7. The molecule has 0 saturated carbocycles. The number of halogens is 1. The van der Waals surface area contributed by atoms with Gasteiger partial charge in [-0.2, -0.15) is 0 Å². The van der Waals surface area contributed by atoms with Crippen LogP contribution in [0.2, 0.25) is 0 Å². The van der Waals surface area contributed by atoms with E-state index in [-0.39, 0.29) is 16.7 Å². The minimum Gasteiger partial charge on any atom is -0.490 e. The van der Waals surface area contributed by atoms with Crippen molar-refractivity contribution in [2.24, 2.45) is 5.73 Å². The largest absolute Gasteiger partial charge is 0.490 e. The quantitative estimate of drug-likeness (QED) is 0.573. The third-order valence-corrected chi connectivity index (χ3v) is 3.22. The van der Waals surface area contributed by atoms with Crippen molar-refractivity contribution in [3.05, 3.63) is 29.6 Å². The van der Waals surface area contributed by atoms with E-state index in [9.17, 15) is 4.39 Å². The Morgan fingerprint density at radius 1 is 1.37 bits per heavy atom. The van der Waals surface area contributed by atoms with Gasteiger partial charge in [0.15, 0.2) is 0 Å². The van der Waals surface area contributed by atoms with Crippen molar-refractivity contribution < 1.29 is 9.13 Å². The summed E-state index contributed by atoms with van der Waals surface area (Å²) in [6.07, 6.45) is 5.76. The zero-order valence-electron chi connectivity index (χ0n) is 11.6. The molecule has 1 rings (SSSR count). The van der Waals surface area contributed by atoms with E-state index in [0.717, 1.165) is 12.8 Å². The predicted octanol–water partition coefficient (Wildman–Crippen LogP) is 4.20. The summed E-state index contributed by atoms with van der Waals surface area (Å²) in [4.78, 5) is 0.0336. The zero-order chi connectivity index (χ0) is 14.3. The summed E-state index contributed by atoms with van der Waals surface area (Å²) in [5.41, 5.74) is 5.75. The molecule has 106 valence electrons. The van der Waals surface area contributed by atoms with Crippen molar-refractivity contribution >= 4 is 17.2 Å². The third kappa shape index (κ3) is 5.15. The van der Waals surface area contributed by atoms with Gasteiger partial charge in [0.1, 0.15) is 16.6 Å². The molecule has 0 fully saturated rings. The van der Waals surface area contributed by atoms with Crippen LogP contribution >= 0.6 is 12.2 Å². The lowest BCUT2D eigenvalue weighted by molar-refractivity contribution is 0.205. The number of unbranched alkanes of at least 4 members (excludes halogenated alkanes) is 3. The third-order valence-electron chi connectivity index (χ3n) is 3.01. The molecular formula is C15H22FNOS. The van der Waals surface area contributed by atoms with Gasteiger partial charge in [-0.25, -0.2) is 4.39 Å². The Balaban J connectivity index is 2.61. The van der Waals surface area contributed by atoms with Gasteiger partial charge in [0.2, 0.25) is 0 Å². The Labute approximate surface area is 120 Å². The van der Waals surface area contributed by atoms with E-state index in [2.05, 4.69) is 6.92 Å². The molecule has 0 spiro atoms. The van der Waals surface area contributed by atoms with Crippen LogP contribution in [0.15, 0.2) is 18.2 Å². The van der Waals surface area contributed by atoms with Crippen LogP contribution in [-0.2, 0) is 0 Å². The highest BCUT2D eigenvalue weighted by Gasteiger charge is 2.14. The molecule has 0 radical (unpaired) electrons. The van der Waals surface area contributed by atoms with E-state index in [1.54, 1.807) is 12.1 Å². The van der Waals surface area contributed by atoms with Crippen molar-refractivity contribution in [2.75, 3.05) is 0 Å². The number of ether oxygens (including phenoxy) is 1. The number of hydrogen-bond acceptors (Lipinski definition) is 2. The van der Waals surface area contributed by atoms with Crippen LogP contribution in [0, 0.1) is 5.82 Å². The van der Waals surface area contributed by atoms with Crippen LogP contribution in [0.5, 0.6) is 5.75 Å². The smallest absolute Gasteiger partial charge is 0.137 e. The number of hydrogen-bond donors (Lipinski definition) is 1. The van der Waals surface area contributed by atoms with Crippen molar-refractivity contribution in [1.82, 2.24) is 0 Å². The van der Waals surface area contributed by atoms with Crippen LogP contribution in [-0.4, -0.2) is 11.1 Å². The van der Waals surface area contributed by atoms with Crippen LogP contribution in [0.25, 0.3) is 0 Å². The maximum absolute atomic E-state index is 13.7. The van der Waals surface area contributed by atoms with Crippen molar-refractivity contribution in [3.63, 3.8) is 0 Å². The Morgan fingerprint density at radius 2 is 2.11 bits per heavy atom. The Hall–Kier alpha value is -1.16. The zero-order valence-corrected chi connectivity index (χ0v) is 12.4. The SMILES string of the molecule is CCCCCCC(C)Oc1cccc(F)c1C(N)=S. The van der Waals surface area contributed by atoms with Gasteiger partial charge < -0.3 is 10.5 Å².